The SMILES string of the molecule is C=C[C@](C)(O)CCC1=C(C)C(OC(C)=O)C(OC(C)=O)[C@H]2C(C)(C)CCC[C@]12C. The summed E-state index contributed by atoms with van der Waals surface area (Å²) in [6.45, 7) is 17.0. The fourth-order valence-corrected chi connectivity index (χ4v) is 5.89. The summed E-state index contributed by atoms with van der Waals surface area (Å²) in [5, 5.41) is 10.5. The first-order valence-electron chi connectivity index (χ1n) is 10.7. The predicted octanol–water partition coefficient (Wildman–Crippen LogP) is 4.73. The van der Waals surface area contributed by atoms with Gasteiger partial charge in [0.1, 0.15) is 6.10 Å². The molecule has 0 heterocycles. The summed E-state index contributed by atoms with van der Waals surface area (Å²) in [4.78, 5) is 23.9. The van der Waals surface area contributed by atoms with E-state index in [2.05, 4.69) is 27.4 Å². The van der Waals surface area contributed by atoms with E-state index < -0.39 is 17.8 Å². The number of esters is 2. The van der Waals surface area contributed by atoms with Crippen LogP contribution >= 0.6 is 0 Å². The van der Waals surface area contributed by atoms with Crippen LogP contribution in [-0.4, -0.2) is 34.9 Å². The highest BCUT2D eigenvalue weighted by atomic mass is 16.6. The zero-order valence-electron chi connectivity index (χ0n) is 19.1. The maximum absolute atomic E-state index is 12.0. The molecule has 0 bridgehead atoms. The molecule has 29 heavy (non-hydrogen) atoms. The first kappa shape index (κ1) is 23.7. The number of carbonyl (C=O) groups excluding carboxylic acids is 2. The van der Waals surface area contributed by atoms with Crippen LogP contribution in [0, 0.1) is 16.7 Å². The number of rotatable bonds is 6. The van der Waals surface area contributed by atoms with Crippen molar-refractivity contribution in [2.75, 3.05) is 0 Å². The molecule has 5 heteroatoms. The average molecular weight is 407 g/mol. The van der Waals surface area contributed by atoms with Crippen molar-refractivity contribution < 1.29 is 24.2 Å². The molecule has 0 aliphatic heterocycles. The second-order valence-corrected chi connectivity index (χ2v) is 10.1. The zero-order valence-corrected chi connectivity index (χ0v) is 19.1. The van der Waals surface area contributed by atoms with Gasteiger partial charge in [-0.15, -0.1) is 6.58 Å². The topological polar surface area (TPSA) is 72.8 Å². The molecule has 2 unspecified atom stereocenters. The molecular formula is C24H38O5. The summed E-state index contributed by atoms with van der Waals surface area (Å²) in [6.07, 6.45) is 4.76. The lowest BCUT2D eigenvalue weighted by Gasteiger charge is -2.58. The van der Waals surface area contributed by atoms with E-state index in [9.17, 15) is 14.7 Å². The average Bonchev–Trinajstić information content (AvgIpc) is 2.56. The van der Waals surface area contributed by atoms with Crippen LogP contribution in [0.4, 0.5) is 0 Å². The Bertz CT molecular complexity index is 702. The van der Waals surface area contributed by atoms with E-state index in [1.54, 1.807) is 13.0 Å². The Morgan fingerprint density at radius 3 is 2.31 bits per heavy atom. The predicted molar refractivity (Wildman–Crippen MR) is 113 cm³/mol. The Morgan fingerprint density at radius 2 is 1.79 bits per heavy atom. The van der Waals surface area contributed by atoms with Gasteiger partial charge in [-0.2, -0.15) is 0 Å². The molecule has 1 fully saturated rings. The molecule has 1 saturated carbocycles. The Balaban J connectivity index is 2.63. The smallest absolute Gasteiger partial charge is 0.303 e. The molecule has 0 aromatic heterocycles. The zero-order chi connectivity index (χ0) is 22.2. The van der Waals surface area contributed by atoms with Gasteiger partial charge in [-0.3, -0.25) is 9.59 Å². The van der Waals surface area contributed by atoms with Crippen LogP contribution in [0.2, 0.25) is 0 Å². The van der Waals surface area contributed by atoms with Gasteiger partial charge in [0.2, 0.25) is 0 Å². The summed E-state index contributed by atoms with van der Waals surface area (Å²) >= 11 is 0. The van der Waals surface area contributed by atoms with E-state index in [4.69, 9.17) is 9.47 Å². The van der Waals surface area contributed by atoms with Gasteiger partial charge in [-0.25, -0.2) is 0 Å². The number of allylic oxidation sites excluding steroid dienone is 1. The van der Waals surface area contributed by atoms with Crippen molar-refractivity contribution in [2.24, 2.45) is 16.7 Å². The summed E-state index contributed by atoms with van der Waals surface area (Å²) in [7, 11) is 0. The molecule has 0 radical (unpaired) electrons. The van der Waals surface area contributed by atoms with E-state index in [0.717, 1.165) is 24.8 Å². The molecule has 2 aliphatic rings. The van der Waals surface area contributed by atoms with E-state index in [-0.39, 0.29) is 28.7 Å². The number of hydrogen-bond donors (Lipinski definition) is 1. The lowest BCUT2D eigenvalue weighted by Crippen LogP contribution is -2.58. The highest BCUT2D eigenvalue weighted by molar-refractivity contribution is 5.68. The van der Waals surface area contributed by atoms with Crippen molar-refractivity contribution in [3.8, 4) is 0 Å². The minimum Gasteiger partial charge on any atom is -0.458 e. The summed E-state index contributed by atoms with van der Waals surface area (Å²) in [5.74, 6) is -0.729. The Hall–Kier alpha value is -1.62. The number of carbonyl (C=O) groups is 2. The largest absolute Gasteiger partial charge is 0.458 e. The Kier molecular flexibility index (Phi) is 6.73. The molecule has 0 aromatic carbocycles. The molecular weight excluding hydrogens is 368 g/mol. The van der Waals surface area contributed by atoms with Crippen LogP contribution in [0.25, 0.3) is 0 Å². The highest BCUT2D eigenvalue weighted by Gasteiger charge is 2.59. The van der Waals surface area contributed by atoms with Gasteiger partial charge >= 0.3 is 11.9 Å². The number of ether oxygens (including phenoxy) is 2. The molecule has 0 spiro atoms. The monoisotopic (exact) mass is 406 g/mol. The van der Waals surface area contributed by atoms with Crippen LogP contribution in [0.15, 0.2) is 23.8 Å². The van der Waals surface area contributed by atoms with Gasteiger partial charge in [0, 0.05) is 19.8 Å². The molecule has 164 valence electrons. The second-order valence-electron chi connectivity index (χ2n) is 10.1. The quantitative estimate of drug-likeness (QED) is 0.510. The molecule has 2 rings (SSSR count). The maximum atomic E-state index is 12.0. The van der Waals surface area contributed by atoms with Gasteiger partial charge in [0.15, 0.2) is 6.10 Å². The van der Waals surface area contributed by atoms with Gasteiger partial charge in [0.05, 0.1) is 5.60 Å². The van der Waals surface area contributed by atoms with Crippen LogP contribution < -0.4 is 0 Å². The first-order chi connectivity index (χ1) is 13.2. The van der Waals surface area contributed by atoms with Crippen molar-refractivity contribution in [3.05, 3.63) is 23.8 Å². The third-order valence-electron chi connectivity index (χ3n) is 7.18. The lowest BCUT2D eigenvalue weighted by atomic mass is 9.48. The minimum absolute atomic E-state index is 0.0179. The van der Waals surface area contributed by atoms with Gasteiger partial charge in [-0.1, -0.05) is 38.8 Å². The number of fused-ring (bicyclic) bond motifs is 1. The fraction of sp³-hybridized carbons (Fsp3) is 0.750. The molecule has 0 amide bonds. The first-order valence-corrected chi connectivity index (χ1v) is 10.7. The molecule has 5 atom stereocenters. The van der Waals surface area contributed by atoms with Crippen molar-refractivity contribution in [1.82, 2.24) is 0 Å². The fourth-order valence-electron chi connectivity index (χ4n) is 5.89. The minimum atomic E-state index is -0.965. The van der Waals surface area contributed by atoms with Gasteiger partial charge in [0.25, 0.3) is 0 Å². The summed E-state index contributed by atoms with van der Waals surface area (Å²) in [6, 6.07) is 0. The normalized spacial score (nSPS) is 33.3. The Labute approximate surface area is 175 Å². The molecule has 2 aliphatic carbocycles. The standard InChI is InChI=1S/C24H38O5/c1-9-23(7,27)14-11-18-15(2)19(28-16(3)25)20(29-17(4)26)21-22(5,6)12-10-13-24(18,21)8/h9,19-21,27H,1,10-14H2,2-8H3/t19?,20?,21-,23-,24+/m0/s1. The number of aliphatic hydroxyl groups is 1. The summed E-state index contributed by atoms with van der Waals surface area (Å²) in [5.41, 5.74) is 0.917. The van der Waals surface area contributed by atoms with Crippen LogP contribution in [0.3, 0.4) is 0 Å². The van der Waals surface area contributed by atoms with Gasteiger partial charge < -0.3 is 14.6 Å². The highest BCUT2D eigenvalue weighted by Crippen LogP contribution is 2.61. The van der Waals surface area contributed by atoms with Crippen molar-refractivity contribution >= 4 is 11.9 Å². The Morgan fingerprint density at radius 1 is 1.21 bits per heavy atom. The number of hydrogen-bond acceptors (Lipinski definition) is 5. The third-order valence-corrected chi connectivity index (χ3v) is 7.18. The van der Waals surface area contributed by atoms with E-state index in [1.165, 1.54) is 19.4 Å². The lowest BCUT2D eigenvalue weighted by molar-refractivity contribution is -0.185. The maximum Gasteiger partial charge on any atom is 0.303 e. The second kappa shape index (κ2) is 8.25. The van der Waals surface area contributed by atoms with Crippen LogP contribution in [0.5, 0.6) is 0 Å². The molecule has 5 nitrogen and oxygen atoms in total. The third kappa shape index (κ3) is 4.76. The molecule has 1 N–H and O–H groups in total. The van der Waals surface area contributed by atoms with Crippen LogP contribution in [-0.2, 0) is 19.1 Å². The summed E-state index contributed by atoms with van der Waals surface area (Å²) < 4.78 is 11.6. The van der Waals surface area contributed by atoms with E-state index >= 15 is 0 Å². The van der Waals surface area contributed by atoms with E-state index in [0.29, 0.717) is 12.8 Å². The van der Waals surface area contributed by atoms with Crippen molar-refractivity contribution in [1.29, 1.82) is 0 Å². The molecule has 0 aromatic rings. The van der Waals surface area contributed by atoms with Crippen molar-refractivity contribution in [2.45, 2.75) is 98.4 Å². The van der Waals surface area contributed by atoms with Crippen molar-refractivity contribution in [3.63, 3.8) is 0 Å². The van der Waals surface area contributed by atoms with Gasteiger partial charge in [-0.05, 0) is 55.9 Å². The molecule has 0 saturated heterocycles. The van der Waals surface area contributed by atoms with Crippen LogP contribution in [0.1, 0.15) is 80.6 Å². The van der Waals surface area contributed by atoms with E-state index in [1.807, 2.05) is 6.92 Å².